The molecular weight excluding hydrogens is 332 g/mol. The monoisotopic (exact) mass is 358 g/mol. The van der Waals surface area contributed by atoms with E-state index in [1.54, 1.807) is 30.0 Å². The number of nitrogens with one attached hydrogen (secondary N) is 2. The number of likely N-dealkylation sites (tertiary alicyclic amines) is 1. The highest BCUT2D eigenvalue weighted by Crippen LogP contribution is 2.30. The van der Waals surface area contributed by atoms with E-state index in [1.165, 1.54) is 0 Å². The molecular formula is C19H26N4O3. The van der Waals surface area contributed by atoms with Crippen molar-refractivity contribution in [2.24, 2.45) is 11.1 Å². The number of nitrogens with zero attached hydrogens (tertiary/aromatic N) is 1. The van der Waals surface area contributed by atoms with Gasteiger partial charge in [0, 0.05) is 30.9 Å². The maximum Gasteiger partial charge on any atom is 0.251 e. The van der Waals surface area contributed by atoms with Gasteiger partial charge in [-0.2, -0.15) is 0 Å². The lowest BCUT2D eigenvalue weighted by Crippen LogP contribution is -2.50. The van der Waals surface area contributed by atoms with E-state index < -0.39 is 6.04 Å². The second-order valence-corrected chi connectivity index (χ2v) is 7.70. The number of benzene rings is 1. The van der Waals surface area contributed by atoms with Crippen molar-refractivity contribution in [2.75, 3.05) is 25.0 Å². The van der Waals surface area contributed by atoms with Crippen LogP contribution >= 0.6 is 0 Å². The minimum absolute atomic E-state index is 0.0163. The minimum atomic E-state index is -0.472. The molecule has 1 atom stereocenters. The first kappa shape index (κ1) is 18.4. The number of hydrogen-bond acceptors (Lipinski definition) is 4. The number of anilines is 1. The lowest BCUT2D eigenvalue weighted by Gasteiger charge is -2.40. The van der Waals surface area contributed by atoms with Gasteiger partial charge in [-0.15, -0.1) is 0 Å². The summed E-state index contributed by atoms with van der Waals surface area (Å²) >= 11 is 0. The Balaban J connectivity index is 1.54. The van der Waals surface area contributed by atoms with E-state index in [4.69, 9.17) is 5.73 Å². The molecule has 1 fully saturated rings. The first-order valence-corrected chi connectivity index (χ1v) is 9.03. The van der Waals surface area contributed by atoms with E-state index in [-0.39, 0.29) is 23.1 Å². The maximum atomic E-state index is 12.5. The molecule has 0 aliphatic carbocycles. The molecule has 2 aliphatic heterocycles. The number of fused-ring (bicyclic) bond motifs is 1. The van der Waals surface area contributed by atoms with Crippen LogP contribution in [0, 0.1) is 5.41 Å². The fourth-order valence-electron chi connectivity index (χ4n) is 3.50. The van der Waals surface area contributed by atoms with Crippen LogP contribution < -0.4 is 16.4 Å². The number of nitrogens with two attached hydrogens (primary N) is 1. The Morgan fingerprint density at radius 3 is 2.69 bits per heavy atom. The molecule has 1 unspecified atom stereocenters. The smallest absolute Gasteiger partial charge is 0.251 e. The second-order valence-electron chi connectivity index (χ2n) is 7.70. The summed E-state index contributed by atoms with van der Waals surface area (Å²) in [5.41, 5.74) is 7.83. The number of hydrogen-bond donors (Lipinski definition) is 3. The van der Waals surface area contributed by atoms with Gasteiger partial charge in [-0.1, -0.05) is 6.92 Å². The zero-order valence-electron chi connectivity index (χ0n) is 15.3. The first-order chi connectivity index (χ1) is 12.3. The Bertz CT molecular complexity index is 736. The Kier molecular flexibility index (Phi) is 5.00. The fraction of sp³-hybridized carbons (Fsp3) is 0.526. The van der Waals surface area contributed by atoms with E-state index in [9.17, 15) is 14.4 Å². The summed E-state index contributed by atoms with van der Waals surface area (Å²) in [6, 6.07) is 4.80. The highest BCUT2D eigenvalue weighted by molar-refractivity contribution is 6.01. The van der Waals surface area contributed by atoms with Gasteiger partial charge >= 0.3 is 0 Å². The Morgan fingerprint density at radius 2 is 2.04 bits per heavy atom. The summed E-state index contributed by atoms with van der Waals surface area (Å²) in [5, 5.41) is 5.77. The fourth-order valence-corrected chi connectivity index (χ4v) is 3.50. The standard InChI is InChI=1S/C19H26N4O3/c1-12(20)18(26)23-7-5-19(2,6-8-23)11-21-17(25)13-3-4-15-14(9-13)10-16(24)22-15/h3-4,9,12H,5-8,10-11,20H2,1-2H3,(H,21,25)(H,22,24). The lowest BCUT2D eigenvalue weighted by molar-refractivity contribution is -0.134. The Morgan fingerprint density at radius 1 is 1.35 bits per heavy atom. The molecule has 0 radical (unpaired) electrons. The third-order valence-electron chi connectivity index (χ3n) is 5.34. The SMILES string of the molecule is CC(N)C(=O)N1CCC(C)(CNC(=O)c2ccc3c(c2)CC(=O)N3)CC1. The Labute approximate surface area is 153 Å². The molecule has 0 aromatic heterocycles. The van der Waals surface area contributed by atoms with E-state index >= 15 is 0 Å². The molecule has 7 heteroatoms. The van der Waals surface area contributed by atoms with Crippen molar-refractivity contribution < 1.29 is 14.4 Å². The maximum absolute atomic E-state index is 12.5. The number of carbonyl (C=O) groups is 3. The molecule has 2 heterocycles. The zero-order chi connectivity index (χ0) is 18.9. The van der Waals surface area contributed by atoms with E-state index in [0.29, 0.717) is 31.6 Å². The topological polar surface area (TPSA) is 105 Å². The van der Waals surface area contributed by atoms with E-state index in [0.717, 1.165) is 24.1 Å². The molecule has 1 saturated heterocycles. The van der Waals surface area contributed by atoms with Crippen LogP contribution in [0.15, 0.2) is 18.2 Å². The van der Waals surface area contributed by atoms with E-state index in [2.05, 4.69) is 17.6 Å². The molecule has 26 heavy (non-hydrogen) atoms. The zero-order valence-corrected chi connectivity index (χ0v) is 15.3. The summed E-state index contributed by atoms with van der Waals surface area (Å²) in [6.07, 6.45) is 1.97. The van der Waals surface area contributed by atoms with Gasteiger partial charge in [0.2, 0.25) is 11.8 Å². The van der Waals surface area contributed by atoms with Crippen LogP contribution in [0.5, 0.6) is 0 Å². The van der Waals surface area contributed by atoms with E-state index in [1.807, 2.05) is 0 Å². The van der Waals surface area contributed by atoms with Gasteiger partial charge < -0.3 is 21.3 Å². The molecule has 0 bridgehead atoms. The third-order valence-corrected chi connectivity index (χ3v) is 5.34. The average molecular weight is 358 g/mol. The molecule has 1 aromatic rings. The first-order valence-electron chi connectivity index (χ1n) is 9.03. The second kappa shape index (κ2) is 7.07. The third kappa shape index (κ3) is 3.88. The number of piperidine rings is 1. The normalized spacial score (nSPS) is 19.5. The van der Waals surface area contributed by atoms with Gasteiger partial charge in [0.05, 0.1) is 12.5 Å². The number of carbonyl (C=O) groups excluding carboxylic acids is 3. The molecule has 4 N–H and O–H groups in total. The number of amides is 3. The van der Waals surface area contributed by atoms with Crippen LogP contribution in [0.2, 0.25) is 0 Å². The van der Waals surface area contributed by atoms with Crippen LogP contribution in [-0.4, -0.2) is 48.3 Å². The van der Waals surface area contributed by atoms with Crippen molar-refractivity contribution in [3.05, 3.63) is 29.3 Å². The van der Waals surface area contributed by atoms with Crippen molar-refractivity contribution in [3.8, 4) is 0 Å². The van der Waals surface area contributed by atoms with Crippen LogP contribution in [-0.2, 0) is 16.0 Å². The summed E-state index contributed by atoms with van der Waals surface area (Å²) in [7, 11) is 0. The average Bonchev–Trinajstić information content (AvgIpc) is 2.99. The summed E-state index contributed by atoms with van der Waals surface area (Å²) < 4.78 is 0. The quantitative estimate of drug-likeness (QED) is 0.743. The highest BCUT2D eigenvalue weighted by atomic mass is 16.2. The Hall–Kier alpha value is -2.41. The summed E-state index contributed by atoms with van der Waals surface area (Å²) in [5.74, 6) is -0.196. The van der Waals surface area contributed by atoms with Crippen molar-refractivity contribution >= 4 is 23.4 Å². The van der Waals surface area contributed by atoms with Crippen LogP contribution in [0.3, 0.4) is 0 Å². The lowest BCUT2D eigenvalue weighted by atomic mass is 9.80. The van der Waals surface area contributed by atoms with Gasteiger partial charge in [-0.05, 0) is 48.9 Å². The van der Waals surface area contributed by atoms with Gasteiger partial charge in [0.1, 0.15) is 0 Å². The molecule has 2 aliphatic rings. The van der Waals surface area contributed by atoms with Crippen molar-refractivity contribution in [1.82, 2.24) is 10.2 Å². The van der Waals surface area contributed by atoms with Gasteiger partial charge in [-0.25, -0.2) is 0 Å². The summed E-state index contributed by atoms with van der Waals surface area (Å²) in [6.45, 7) is 5.72. The van der Waals surface area contributed by atoms with Crippen LogP contribution in [0.4, 0.5) is 5.69 Å². The van der Waals surface area contributed by atoms with Crippen molar-refractivity contribution in [3.63, 3.8) is 0 Å². The predicted molar refractivity (Wildman–Crippen MR) is 98.7 cm³/mol. The van der Waals surface area contributed by atoms with Crippen molar-refractivity contribution in [1.29, 1.82) is 0 Å². The predicted octanol–water partition coefficient (Wildman–Crippen LogP) is 0.887. The molecule has 7 nitrogen and oxygen atoms in total. The molecule has 0 spiro atoms. The van der Waals surface area contributed by atoms with Crippen LogP contribution in [0.1, 0.15) is 42.6 Å². The van der Waals surface area contributed by atoms with Gasteiger partial charge in [-0.3, -0.25) is 14.4 Å². The molecule has 140 valence electrons. The highest BCUT2D eigenvalue weighted by Gasteiger charge is 2.33. The molecule has 1 aromatic carbocycles. The molecule has 0 saturated carbocycles. The minimum Gasteiger partial charge on any atom is -0.351 e. The molecule has 3 rings (SSSR count). The van der Waals surface area contributed by atoms with Crippen LogP contribution in [0.25, 0.3) is 0 Å². The molecule has 3 amide bonds. The largest absolute Gasteiger partial charge is 0.351 e. The number of rotatable bonds is 4. The summed E-state index contributed by atoms with van der Waals surface area (Å²) in [4.78, 5) is 37.7. The van der Waals surface area contributed by atoms with Gasteiger partial charge in [0.15, 0.2) is 0 Å². The van der Waals surface area contributed by atoms with Gasteiger partial charge in [0.25, 0.3) is 5.91 Å². The van der Waals surface area contributed by atoms with Crippen molar-refractivity contribution in [2.45, 2.75) is 39.2 Å².